The number of carbonyl (C=O) groups excluding carboxylic acids is 1. The number of alkyl halides is 1. The summed E-state index contributed by atoms with van der Waals surface area (Å²) in [6.07, 6.45) is 7.94. The number of esters is 1. The van der Waals surface area contributed by atoms with Gasteiger partial charge in [0.15, 0.2) is 0 Å². The number of unbranched alkanes of at least 4 members (excludes halogenated alkanes) is 1. The predicted molar refractivity (Wildman–Crippen MR) is 166 cm³/mol. The highest BCUT2D eigenvalue weighted by molar-refractivity contribution is 5.89. The number of nitrogens with one attached hydrogen (secondary N) is 1. The van der Waals surface area contributed by atoms with Gasteiger partial charge >= 0.3 is 5.97 Å². The van der Waals surface area contributed by atoms with E-state index in [4.69, 9.17) is 19.6 Å². The van der Waals surface area contributed by atoms with Crippen LogP contribution in [0, 0.1) is 5.92 Å². The molecule has 2 aromatic heterocycles. The fourth-order valence-corrected chi connectivity index (χ4v) is 6.91. The van der Waals surface area contributed by atoms with Gasteiger partial charge in [-0.2, -0.15) is 5.10 Å². The van der Waals surface area contributed by atoms with Gasteiger partial charge in [-0.1, -0.05) is 30.7 Å². The van der Waals surface area contributed by atoms with Gasteiger partial charge in [0.1, 0.15) is 23.6 Å². The van der Waals surface area contributed by atoms with Crippen molar-refractivity contribution < 1.29 is 18.7 Å². The second kappa shape index (κ2) is 12.9. The molecular formula is C34H46FN5O3. The van der Waals surface area contributed by atoms with Crippen LogP contribution in [0.1, 0.15) is 88.2 Å². The highest BCUT2D eigenvalue weighted by Gasteiger charge is 2.40. The van der Waals surface area contributed by atoms with Gasteiger partial charge in [0.05, 0.1) is 24.4 Å². The molecule has 4 atom stereocenters. The highest BCUT2D eigenvalue weighted by atomic mass is 19.1. The second-order valence-electron chi connectivity index (χ2n) is 13.5. The third-order valence-corrected chi connectivity index (χ3v) is 9.07. The number of halogens is 1. The quantitative estimate of drug-likeness (QED) is 0.222. The van der Waals surface area contributed by atoms with Crippen LogP contribution in [0.3, 0.4) is 0 Å². The van der Waals surface area contributed by atoms with Crippen LogP contribution in [0.4, 0.5) is 10.2 Å². The maximum absolute atomic E-state index is 15.6. The largest absolute Gasteiger partial charge is 0.459 e. The van der Waals surface area contributed by atoms with E-state index >= 15 is 4.39 Å². The molecule has 5 heterocycles. The molecule has 0 amide bonds. The fraction of sp³-hybridized carbons (Fsp3) is 0.618. The van der Waals surface area contributed by atoms with Crippen LogP contribution in [0.5, 0.6) is 0 Å². The first-order chi connectivity index (χ1) is 20.8. The molecule has 0 bridgehead atoms. The molecule has 1 aromatic carbocycles. The Bertz CT molecular complexity index is 1410. The van der Waals surface area contributed by atoms with Crippen LogP contribution < -0.4 is 5.32 Å². The number of benzene rings is 1. The van der Waals surface area contributed by atoms with Crippen molar-refractivity contribution in [1.82, 2.24) is 19.7 Å². The molecular weight excluding hydrogens is 545 g/mol. The molecule has 6 rings (SSSR count). The zero-order chi connectivity index (χ0) is 30.0. The molecule has 9 heteroatoms. The van der Waals surface area contributed by atoms with Crippen molar-refractivity contribution >= 4 is 22.7 Å². The summed E-state index contributed by atoms with van der Waals surface area (Å²) in [5, 5.41) is 9.09. The molecule has 232 valence electrons. The van der Waals surface area contributed by atoms with Gasteiger partial charge in [-0.15, -0.1) is 0 Å². The smallest absolute Gasteiger partial charge is 0.328 e. The van der Waals surface area contributed by atoms with E-state index in [0.29, 0.717) is 32.7 Å². The van der Waals surface area contributed by atoms with E-state index in [1.165, 1.54) is 5.56 Å². The Morgan fingerprint density at radius 1 is 1.21 bits per heavy atom. The number of carbonyl (C=O) groups is 1. The van der Waals surface area contributed by atoms with Crippen LogP contribution in [-0.4, -0.2) is 70.3 Å². The van der Waals surface area contributed by atoms with Gasteiger partial charge in [0.2, 0.25) is 0 Å². The molecule has 1 N–H and O–H groups in total. The SMILES string of the molecule is CC(C)(C)OC(=O)C(c1cccc2cnn([C@@H]3CCOC3)c12)N1CC[C@@H](C(F)CCCCc2ccc3c(n2)NCCC3)C1. The second-order valence-corrected chi connectivity index (χ2v) is 13.5. The molecule has 3 aromatic rings. The molecule has 3 aliphatic heterocycles. The summed E-state index contributed by atoms with van der Waals surface area (Å²) in [6, 6.07) is 9.83. The summed E-state index contributed by atoms with van der Waals surface area (Å²) in [4.78, 5) is 20.8. The van der Waals surface area contributed by atoms with Gasteiger partial charge in [0.25, 0.3) is 0 Å². The highest BCUT2D eigenvalue weighted by Crippen LogP contribution is 2.37. The molecule has 8 nitrogen and oxygen atoms in total. The number of fused-ring (bicyclic) bond motifs is 2. The minimum atomic E-state index is -0.903. The standard InChI is InChI=1S/C34H46FN5O3/c1-34(2,3)43-33(41)31(28-11-6-8-24-20-37-40(30(24)28)27-16-19-42-22-27)39-18-15-25(21-39)29(35)12-5-4-10-26-14-13-23-9-7-17-36-32(23)38-26/h6,8,11,13-14,20,25,27,29,31H,4-5,7,9-10,12,15-19,21-22H2,1-3H3,(H,36,38)/t25-,27-,29?,31?/m1/s1. The lowest BCUT2D eigenvalue weighted by atomic mass is 9.97. The van der Waals surface area contributed by atoms with E-state index in [1.54, 1.807) is 0 Å². The molecule has 0 spiro atoms. The average Bonchev–Trinajstić information content (AvgIpc) is 3.76. The Morgan fingerprint density at radius 3 is 2.91 bits per heavy atom. The zero-order valence-electron chi connectivity index (χ0n) is 25.9. The first kappa shape index (κ1) is 30.0. The number of pyridine rings is 1. The minimum Gasteiger partial charge on any atom is -0.459 e. The number of likely N-dealkylation sites (tertiary alicyclic amines) is 1. The molecule has 0 saturated carbocycles. The lowest BCUT2D eigenvalue weighted by molar-refractivity contribution is -0.161. The molecule has 2 fully saturated rings. The topological polar surface area (TPSA) is 81.5 Å². The van der Waals surface area contributed by atoms with Crippen molar-refractivity contribution in [3.05, 3.63) is 53.3 Å². The van der Waals surface area contributed by atoms with Crippen LogP contribution in [0.25, 0.3) is 10.9 Å². The summed E-state index contributed by atoms with van der Waals surface area (Å²) in [5.74, 6) is 0.620. The van der Waals surface area contributed by atoms with Gasteiger partial charge in [-0.3, -0.25) is 9.58 Å². The Labute approximate surface area is 254 Å². The lowest BCUT2D eigenvalue weighted by Gasteiger charge is -2.31. The number of hydrogen-bond acceptors (Lipinski definition) is 7. The summed E-state index contributed by atoms with van der Waals surface area (Å²) < 4.78 is 29.3. The molecule has 0 aliphatic carbocycles. The van der Waals surface area contributed by atoms with Crippen molar-refractivity contribution in [1.29, 1.82) is 0 Å². The predicted octanol–water partition coefficient (Wildman–Crippen LogP) is 6.21. The van der Waals surface area contributed by atoms with Crippen molar-refractivity contribution in [2.75, 3.05) is 38.2 Å². The Hall–Kier alpha value is -3.04. The normalized spacial score (nSPS) is 22.3. The van der Waals surface area contributed by atoms with E-state index in [0.717, 1.165) is 79.5 Å². The van der Waals surface area contributed by atoms with Crippen molar-refractivity contribution in [3.63, 3.8) is 0 Å². The Balaban J connectivity index is 1.13. The molecule has 3 aliphatic rings. The number of para-hydroxylation sites is 1. The van der Waals surface area contributed by atoms with Crippen molar-refractivity contribution in [3.8, 4) is 0 Å². The number of aryl methyl sites for hydroxylation is 2. The summed E-state index contributed by atoms with van der Waals surface area (Å²) in [7, 11) is 0. The fourth-order valence-electron chi connectivity index (χ4n) is 6.91. The van der Waals surface area contributed by atoms with Crippen molar-refractivity contribution in [2.45, 2.75) is 96.0 Å². The summed E-state index contributed by atoms with van der Waals surface area (Å²) in [5.41, 5.74) is 3.56. The number of anilines is 1. The van der Waals surface area contributed by atoms with E-state index in [-0.39, 0.29) is 17.9 Å². The Kier molecular flexibility index (Phi) is 9.00. The monoisotopic (exact) mass is 591 g/mol. The average molecular weight is 592 g/mol. The number of nitrogens with zero attached hydrogens (tertiary/aromatic N) is 4. The van der Waals surface area contributed by atoms with E-state index < -0.39 is 17.8 Å². The Morgan fingerprint density at radius 2 is 2.09 bits per heavy atom. The van der Waals surface area contributed by atoms with Crippen LogP contribution in [0.15, 0.2) is 36.5 Å². The number of rotatable bonds is 10. The summed E-state index contributed by atoms with van der Waals surface area (Å²) >= 11 is 0. The van der Waals surface area contributed by atoms with Crippen LogP contribution >= 0.6 is 0 Å². The van der Waals surface area contributed by atoms with Gasteiger partial charge in [0, 0.05) is 42.3 Å². The first-order valence-corrected chi connectivity index (χ1v) is 16.1. The molecule has 2 unspecified atom stereocenters. The van der Waals surface area contributed by atoms with E-state index in [1.807, 2.05) is 49.8 Å². The minimum absolute atomic E-state index is 0.108. The van der Waals surface area contributed by atoms with E-state index in [2.05, 4.69) is 22.3 Å². The molecule has 0 radical (unpaired) electrons. The van der Waals surface area contributed by atoms with Crippen LogP contribution in [0.2, 0.25) is 0 Å². The van der Waals surface area contributed by atoms with Gasteiger partial charge in [-0.25, -0.2) is 14.2 Å². The van der Waals surface area contributed by atoms with Gasteiger partial charge < -0.3 is 14.8 Å². The number of aromatic nitrogens is 3. The maximum atomic E-state index is 15.6. The molecule has 2 saturated heterocycles. The third kappa shape index (κ3) is 6.88. The first-order valence-electron chi connectivity index (χ1n) is 16.1. The lowest BCUT2D eigenvalue weighted by Crippen LogP contribution is -2.38. The van der Waals surface area contributed by atoms with Crippen molar-refractivity contribution in [2.24, 2.45) is 5.92 Å². The zero-order valence-corrected chi connectivity index (χ0v) is 25.9. The summed E-state index contributed by atoms with van der Waals surface area (Å²) in [6.45, 7) is 9.15. The number of hydrogen-bond donors (Lipinski definition) is 1. The number of ether oxygens (including phenoxy) is 2. The van der Waals surface area contributed by atoms with E-state index in [9.17, 15) is 4.79 Å². The maximum Gasteiger partial charge on any atom is 0.328 e. The van der Waals surface area contributed by atoms with Gasteiger partial charge in [-0.05, 0) is 83.9 Å². The third-order valence-electron chi connectivity index (χ3n) is 9.07. The van der Waals surface area contributed by atoms with Crippen LogP contribution in [-0.2, 0) is 27.1 Å². The molecule has 43 heavy (non-hydrogen) atoms.